The predicted octanol–water partition coefficient (Wildman–Crippen LogP) is -0.308. The molecule has 0 saturated carbocycles. The average molecular weight is 298 g/mol. The smallest absolute Gasteiger partial charge is 0.320 e. The third-order valence-corrected chi connectivity index (χ3v) is 4.31. The molecule has 0 aromatic rings. The first-order valence-electron chi connectivity index (χ1n) is 7.61. The molecule has 0 aromatic heterocycles. The highest BCUT2D eigenvalue weighted by Gasteiger charge is 2.33. The van der Waals surface area contributed by atoms with Crippen molar-refractivity contribution in [3.63, 3.8) is 0 Å². The third kappa shape index (κ3) is 4.31. The fourth-order valence-electron chi connectivity index (χ4n) is 2.84. The number of carbonyl (C=O) groups is 2. The second-order valence-corrected chi connectivity index (χ2v) is 6.18. The molecule has 0 radical (unpaired) electrons. The van der Waals surface area contributed by atoms with Crippen LogP contribution in [0.5, 0.6) is 0 Å². The topological polar surface area (TPSA) is 67.3 Å². The summed E-state index contributed by atoms with van der Waals surface area (Å²) in [4.78, 5) is 31.4. The van der Waals surface area contributed by atoms with Gasteiger partial charge in [0.1, 0.15) is 0 Å². The largest absolute Gasteiger partial charge is 0.481 e. The molecule has 2 heterocycles. The van der Waals surface area contributed by atoms with Crippen molar-refractivity contribution < 1.29 is 14.7 Å². The van der Waals surface area contributed by atoms with Crippen LogP contribution < -0.4 is 0 Å². The van der Waals surface area contributed by atoms with Crippen LogP contribution in [0, 0.1) is 5.92 Å². The number of piperazine rings is 1. The fourth-order valence-corrected chi connectivity index (χ4v) is 2.84. The van der Waals surface area contributed by atoms with Gasteiger partial charge in [0.15, 0.2) is 0 Å². The van der Waals surface area contributed by atoms with Gasteiger partial charge in [-0.3, -0.25) is 9.69 Å². The maximum atomic E-state index is 12.4. The quantitative estimate of drug-likeness (QED) is 0.771. The van der Waals surface area contributed by atoms with E-state index in [1.165, 1.54) is 0 Å². The van der Waals surface area contributed by atoms with Crippen LogP contribution in [0.15, 0.2) is 0 Å². The monoisotopic (exact) mass is 298 g/mol. The number of aliphatic carboxylic acids is 1. The molecular weight excluding hydrogens is 272 g/mol. The minimum atomic E-state index is -0.793. The summed E-state index contributed by atoms with van der Waals surface area (Å²) in [6, 6.07) is 0.00556. The Hall–Kier alpha value is -1.34. The molecule has 7 heteroatoms. The van der Waals surface area contributed by atoms with E-state index in [4.69, 9.17) is 5.11 Å². The SMILES string of the molecule is CN(C)CCN1CCN(C(=O)N2CCC(C(=O)O)C2)CC1. The van der Waals surface area contributed by atoms with Gasteiger partial charge in [-0.15, -0.1) is 0 Å². The number of likely N-dealkylation sites (N-methyl/N-ethyl adjacent to an activating group) is 1. The number of amides is 2. The van der Waals surface area contributed by atoms with Gasteiger partial charge < -0.3 is 19.8 Å². The first-order valence-corrected chi connectivity index (χ1v) is 7.61. The number of carbonyl (C=O) groups excluding carboxylic acids is 1. The van der Waals surface area contributed by atoms with E-state index in [1.807, 2.05) is 4.90 Å². The Morgan fingerprint density at radius 2 is 1.76 bits per heavy atom. The van der Waals surface area contributed by atoms with E-state index in [9.17, 15) is 9.59 Å². The second kappa shape index (κ2) is 7.09. The number of urea groups is 1. The lowest BCUT2D eigenvalue weighted by molar-refractivity contribution is -0.141. The Morgan fingerprint density at radius 1 is 1.10 bits per heavy atom. The molecule has 1 N–H and O–H groups in total. The Morgan fingerprint density at radius 3 is 2.29 bits per heavy atom. The first-order chi connectivity index (χ1) is 9.97. The van der Waals surface area contributed by atoms with Crippen LogP contribution >= 0.6 is 0 Å². The van der Waals surface area contributed by atoms with E-state index >= 15 is 0 Å². The summed E-state index contributed by atoms with van der Waals surface area (Å²) in [5.41, 5.74) is 0. The molecule has 2 aliphatic heterocycles. The number of carboxylic acid groups (broad SMARTS) is 1. The van der Waals surface area contributed by atoms with Crippen LogP contribution in [0.3, 0.4) is 0 Å². The normalized spacial score (nSPS) is 23.9. The molecular formula is C14H26N4O3. The zero-order valence-corrected chi connectivity index (χ0v) is 13.0. The van der Waals surface area contributed by atoms with Gasteiger partial charge in [0.2, 0.25) is 0 Å². The lowest BCUT2D eigenvalue weighted by Crippen LogP contribution is -2.53. The maximum Gasteiger partial charge on any atom is 0.320 e. The van der Waals surface area contributed by atoms with E-state index in [0.717, 1.165) is 39.3 Å². The Kier molecular flexibility index (Phi) is 5.41. The molecule has 120 valence electrons. The van der Waals surface area contributed by atoms with Crippen LogP contribution in [0.25, 0.3) is 0 Å². The highest BCUT2D eigenvalue weighted by Crippen LogP contribution is 2.18. The summed E-state index contributed by atoms with van der Waals surface area (Å²) >= 11 is 0. The lowest BCUT2D eigenvalue weighted by atomic mass is 10.1. The van der Waals surface area contributed by atoms with E-state index in [1.54, 1.807) is 4.90 Å². The number of hydrogen-bond donors (Lipinski definition) is 1. The zero-order chi connectivity index (χ0) is 15.4. The summed E-state index contributed by atoms with van der Waals surface area (Å²) in [5, 5.41) is 9.00. The molecule has 2 rings (SSSR count). The van der Waals surface area contributed by atoms with Crippen LogP contribution in [-0.4, -0.2) is 103 Å². The zero-order valence-electron chi connectivity index (χ0n) is 13.0. The van der Waals surface area contributed by atoms with Crippen molar-refractivity contribution in [2.45, 2.75) is 6.42 Å². The Bertz CT molecular complexity index is 380. The Labute approximate surface area is 126 Å². The van der Waals surface area contributed by atoms with Gasteiger partial charge in [0, 0.05) is 52.4 Å². The number of carboxylic acids is 1. The third-order valence-electron chi connectivity index (χ3n) is 4.31. The van der Waals surface area contributed by atoms with Crippen molar-refractivity contribution >= 4 is 12.0 Å². The molecule has 2 saturated heterocycles. The predicted molar refractivity (Wildman–Crippen MR) is 79.3 cm³/mol. The number of nitrogens with zero attached hydrogens (tertiary/aromatic N) is 4. The second-order valence-electron chi connectivity index (χ2n) is 6.18. The van der Waals surface area contributed by atoms with Crippen molar-refractivity contribution in [3.05, 3.63) is 0 Å². The molecule has 21 heavy (non-hydrogen) atoms. The highest BCUT2D eigenvalue weighted by atomic mass is 16.4. The van der Waals surface area contributed by atoms with Crippen LogP contribution in [-0.2, 0) is 4.79 Å². The minimum absolute atomic E-state index is 0.00556. The van der Waals surface area contributed by atoms with Crippen molar-refractivity contribution in [1.82, 2.24) is 19.6 Å². The van der Waals surface area contributed by atoms with E-state index in [0.29, 0.717) is 19.5 Å². The molecule has 2 amide bonds. The summed E-state index contributed by atoms with van der Waals surface area (Å²) in [6.45, 7) is 6.25. The van der Waals surface area contributed by atoms with Gasteiger partial charge in [-0.2, -0.15) is 0 Å². The Balaban J connectivity index is 1.75. The summed E-state index contributed by atoms with van der Waals surface area (Å²) in [5.74, 6) is -1.19. The van der Waals surface area contributed by atoms with Gasteiger partial charge in [-0.25, -0.2) is 4.79 Å². The minimum Gasteiger partial charge on any atom is -0.481 e. The first kappa shape index (κ1) is 16.0. The lowest BCUT2D eigenvalue weighted by Gasteiger charge is -2.37. The average Bonchev–Trinajstić information content (AvgIpc) is 2.95. The van der Waals surface area contributed by atoms with Gasteiger partial charge >= 0.3 is 12.0 Å². The van der Waals surface area contributed by atoms with Crippen LogP contribution in [0.4, 0.5) is 4.79 Å². The fraction of sp³-hybridized carbons (Fsp3) is 0.857. The molecule has 0 aromatic carbocycles. The number of hydrogen-bond acceptors (Lipinski definition) is 4. The van der Waals surface area contributed by atoms with E-state index < -0.39 is 11.9 Å². The van der Waals surface area contributed by atoms with Gasteiger partial charge in [0.05, 0.1) is 5.92 Å². The number of rotatable bonds is 4. The van der Waals surface area contributed by atoms with E-state index in [2.05, 4.69) is 23.9 Å². The summed E-state index contributed by atoms with van der Waals surface area (Å²) < 4.78 is 0. The molecule has 0 bridgehead atoms. The van der Waals surface area contributed by atoms with Crippen molar-refractivity contribution in [3.8, 4) is 0 Å². The molecule has 0 aliphatic carbocycles. The highest BCUT2D eigenvalue weighted by molar-refractivity contribution is 5.77. The van der Waals surface area contributed by atoms with Crippen molar-refractivity contribution in [2.24, 2.45) is 5.92 Å². The van der Waals surface area contributed by atoms with Gasteiger partial charge in [-0.05, 0) is 20.5 Å². The summed E-state index contributed by atoms with van der Waals surface area (Å²) in [6.07, 6.45) is 0.573. The molecule has 1 unspecified atom stereocenters. The van der Waals surface area contributed by atoms with Crippen molar-refractivity contribution in [1.29, 1.82) is 0 Å². The number of likely N-dealkylation sites (tertiary alicyclic amines) is 1. The van der Waals surface area contributed by atoms with Gasteiger partial charge in [0.25, 0.3) is 0 Å². The standard InChI is InChI=1S/C14H26N4O3/c1-15(2)5-6-16-7-9-17(10-8-16)14(21)18-4-3-12(11-18)13(19)20/h12H,3-11H2,1-2H3,(H,19,20). The molecule has 2 fully saturated rings. The molecule has 7 nitrogen and oxygen atoms in total. The van der Waals surface area contributed by atoms with E-state index in [-0.39, 0.29) is 6.03 Å². The maximum absolute atomic E-state index is 12.4. The van der Waals surface area contributed by atoms with Crippen LogP contribution in [0.1, 0.15) is 6.42 Å². The van der Waals surface area contributed by atoms with Crippen LogP contribution in [0.2, 0.25) is 0 Å². The molecule has 0 spiro atoms. The summed E-state index contributed by atoms with van der Waals surface area (Å²) in [7, 11) is 4.12. The van der Waals surface area contributed by atoms with Crippen molar-refractivity contribution in [2.75, 3.05) is 66.5 Å². The molecule has 2 aliphatic rings. The van der Waals surface area contributed by atoms with Gasteiger partial charge in [-0.1, -0.05) is 0 Å². The molecule has 1 atom stereocenters.